The Labute approximate surface area is 97.6 Å². The molecule has 0 heterocycles. The first-order valence-corrected chi connectivity index (χ1v) is 5.01. The first kappa shape index (κ1) is 11.8. The highest BCUT2D eigenvalue weighted by Gasteiger charge is 2.11. The zero-order valence-corrected chi connectivity index (χ0v) is 9.27. The zero-order chi connectivity index (χ0) is 11.3. The van der Waals surface area contributed by atoms with E-state index >= 15 is 0 Å². The van der Waals surface area contributed by atoms with Crippen molar-refractivity contribution in [3.05, 3.63) is 33.8 Å². The van der Waals surface area contributed by atoms with Crippen LogP contribution in [0.5, 0.6) is 0 Å². The lowest BCUT2D eigenvalue weighted by molar-refractivity contribution is 0.0954. The van der Waals surface area contributed by atoms with Gasteiger partial charge in [0.2, 0.25) is 0 Å². The third kappa shape index (κ3) is 3.12. The van der Waals surface area contributed by atoms with Crippen molar-refractivity contribution in [2.75, 3.05) is 6.54 Å². The number of nitrogens with zero attached hydrogens (tertiary/aromatic N) is 1. The topological polar surface area (TPSA) is 52.9 Å². The molecule has 15 heavy (non-hydrogen) atoms. The molecule has 3 nitrogen and oxygen atoms in total. The molecule has 0 saturated heterocycles. The van der Waals surface area contributed by atoms with Crippen LogP contribution in [0.15, 0.2) is 18.2 Å². The van der Waals surface area contributed by atoms with E-state index in [4.69, 9.17) is 28.5 Å². The molecule has 0 saturated carbocycles. The fourth-order valence-corrected chi connectivity index (χ4v) is 1.39. The van der Waals surface area contributed by atoms with Crippen LogP contribution < -0.4 is 5.32 Å². The maximum atomic E-state index is 11.5. The number of carbonyl (C=O) groups is 1. The number of carbonyl (C=O) groups excluding carboxylic acids is 1. The number of halogens is 2. The summed E-state index contributed by atoms with van der Waals surface area (Å²) in [4.78, 5) is 11.5. The molecule has 0 aliphatic carbocycles. The van der Waals surface area contributed by atoms with Crippen LogP contribution in [0.2, 0.25) is 10.0 Å². The summed E-state index contributed by atoms with van der Waals surface area (Å²) in [5, 5.41) is 11.4. The number of hydrogen-bond acceptors (Lipinski definition) is 2. The van der Waals surface area contributed by atoms with Crippen LogP contribution in [0.25, 0.3) is 0 Å². The molecule has 5 heteroatoms. The van der Waals surface area contributed by atoms with Gasteiger partial charge >= 0.3 is 0 Å². The molecule has 1 aromatic rings. The van der Waals surface area contributed by atoms with Crippen molar-refractivity contribution in [2.45, 2.75) is 6.42 Å². The molecule has 1 amide bonds. The molecular formula is C10H8Cl2N2O. The molecule has 0 aliphatic heterocycles. The minimum Gasteiger partial charge on any atom is -0.351 e. The van der Waals surface area contributed by atoms with Crippen molar-refractivity contribution in [1.29, 1.82) is 5.26 Å². The minimum atomic E-state index is -0.322. The van der Waals surface area contributed by atoms with Crippen LogP contribution in [0, 0.1) is 11.3 Å². The molecular weight excluding hydrogens is 235 g/mol. The smallest absolute Gasteiger partial charge is 0.252 e. The van der Waals surface area contributed by atoms with Gasteiger partial charge in [-0.25, -0.2) is 0 Å². The highest BCUT2D eigenvalue weighted by molar-refractivity contribution is 6.43. The van der Waals surface area contributed by atoms with Gasteiger partial charge in [0.05, 0.1) is 28.1 Å². The molecule has 0 bridgehead atoms. The van der Waals surface area contributed by atoms with Crippen molar-refractivity contribution in [1.82, 2.24) is 5.32 Å². The van der Waals surface area contributed by atoms with Crippen LogP contribution in [0.3, 0.4) is 0 Å². The van der Waals surface area contributed by atoms with Crippen molar-refractivity contribution >= 4 is 29.1 Å². The second-order valence-electron chi connectivity index (χ2n) is 2.77. The number of nitriles is 1. The van der Waals surface area contributed by atoms with Gasteiger partial charge in [0.25, 0.3) is 5.91 Å². The van der Waals surface area contributed by atoms with Crippen molar-refractivity contribution < 1.29 is 4.79 Å². The Bertz CT molecular complexity index is 412. The monoisotopic (exact) mass is 242 g/mol. The quantitative estimate of drug-likeness (QED) is 0.829. The van der Waals surface area contributed by atoms with Gasteiger partial charge in [0, 0.05) is 6.54 Å². The van der Waals surface area contributed by atoms with Crippen LogP contribution in [-0.4, -0.2) is 12.5 Å². The van der Waals surface area contributed by atoms with Gasteiger partial charge < -0.3 is 5.32 Å². The van der Waals surface area contributed by atoms with Gasteiger partial charge in [0.15, 0.2) is 0 Å². The molecule has 0 aliphatic rings. The molecule has 0 spiro atoms. The van der Waals surface area contributed by atoms with Gasteiger partial charge in [-0.15, -0.1) is 0 Å². The molecule has 0 unspecified atom stereocenters. The van der Waals surface area contributed by atoms with Crippen molar-refractivity contribution in [3.8, 4) is 6.07 Å². The average Bonchev–Trinajstić information content (AvgIpc) is 2.22. The highest BCUT2D eigenvalue weighted by Crippen LogP contribution is 2.25. The van der Waals surface area contributed by atoms with E-state index in [9.17, 15) is 4.79 Å². The predicted molar refractivity (Wildman–Crippen MR) is 59.0 cm³/mol. The molecule has 0 aromatic heterocycles. The Morgan fingerprint density at radius 1 is 1.47 bits per heavy atom. The molecule has 0 fully saturated rings. The minimum absolute atomic E-state index is 0.230. The lowest BCUT2D eigenvalue weighted by atomic mass is 10.2. The fraction of sp³-hybridized carbons (Fsp3) is 0.200. The summed E-state index contributed by atoms with van der Waals surface area (Å²) in [6, 6.07) is 6.76. The van der Waals surface area contributed by atoms with E-state index in [1.54, 1.807) is 18.2 Å². The van der Waals surface area contributed by atoms with Gasteiger partial charge in [0.1, 0.15) is 0 Å². The van der Waals surface area contributed by atoms with E-state index in [2.05, 4.69) is 5.32 Å². The van der Waals surface area contributed by atoms with Gasteiger partial charge in [-0.05, 0) is 12.1 Å². The van der Waals surface area contributed by atoms with Crippen LogP contribution in [-0.2, 0) is 0 Å². The summed E-state index contributed by atoms with van der Waals surface area (Å²) in [7, 11) is 0. The molecule has 1 aromatic carbocycles. The fourth-order valence-electron chi connectivity index (χ4n) is 1.01. The lowest BCUT2D eigenvalue weighted by Gasteiger charge is -2.05. The number of rotatable bonds is 3. The van der Waals surface area contributed by atoms with E-state index < -0.39 is 0 Å². The Balaban J connectivity index is 2.75. The Hall–Kier alpha value is -1.24. The third-order valence-corrected chi connectivity index (χ3v) is 2.54. The first-order valence-electron chi connectivity index (χ1n) is 4.26. The molecule has 1 N–H and O–H groups in total. The first-order chi connectivity index (χ1) is 7.16. The number of benzene rings is 1. The number of hydrogen-bond donors (Lipinski definition) is 1. The zero-order valence-electron chi connectivity index (χ0n) is 7.76. The largest absolute Gasteiger partial charge is 0.351 e. The predicted octanol–water partition coefficient (Wildman–Crippen LogP) is 2.64. The number of nitrogens with one attached hydrogen (secondary N) is 1. The SMILES string of the molecule is N#CCCNC(=O)c1cccc(Cl)c1Cl. The van der Waals surface area contributed by atoms with Crippen LogP contribution in [0.4, 0.5) is 0 Å². The third-order valence-electron chi connectivity index (χ3n) is 1.72. The summed E-state index contributed by atoms with van der Waals surface area (Å²) in [6.45, 7) is 0.304. The highest BCUT2D eigenvalue weighted by atomic mass is 35.5. The summed E-state index contributed by atoms with van der Waals surface area (Å²) in [5.74, 6) is -0.322. The van der Waals surface area contributed by atoms with E-state index in [-0.39, 0.29) is 17.4 Å². The van der Waals surface area contributed by atoms with E-state index in [0.717, 1.165) is 0 Å². The summed E-state index contributed by atoms with van der Waals surface area (Å²) >= 11 is 11.6. The second kappa shape index (κ2) is 5.59. The summed E-state index contributed by atoms with van der Waals surface area (Å²) in [6.07, 6.45) is 0.268. The number of amides is 1. The van der Waals surface area contributed by atoms with E-state index in [1.165, 1.54) is 0 Å². The lowest BCUT2D eigenvalue weighted by Crippen LogP contribution is -2.24. The molecule has 1 rings (SSSR count). The van der Waals surface area contributed by atoms with E-state index in [0.29, 0.717) is 17.1 Å². The second-order valence-corrected chi connectivity index (χ2v) is 3.55. The van der Waals surface area contributed by atoms with Gasteiger partial charge in [-0.1, -0.05) is 29.3 Å². The normalized spacial score (nSPS) is 9.40. The summed E-state index contributed by atoms with van der Waals surface area (Å²) in [5.41, 5.74) is 0.321. The Morgan fingerprint density at radius 3 is 2.87 bits per heavy atom. The van der Waals surface area contributed by atoms with Crippen LogP contribution >= 0.6 is 23.2 Å². The summed E-state index contributed by atoms with van der Waals surface area (Å²) < 4.78 is 0. The maximum absolute atomic E-state index is 11.5. The van der Waals surface area contributed by atoms with Crippen LogP contribution in [0.1, 0.15) is 16.8 Å². The maximum Gasteiger partial charge on any atom is 0.252 e. The van der Waals surface area contributed by atoms with Crippen molar-refractivity contribution in [3.63, 3.8) is 0 Å². The molecule has 0 atom stereocenters. The van der Waals surface area contributed by atoms with E-state index in [1.807, 2.05) is 6.07 Å². The Morgan fingerprint density at radius 2 is 2.20 bits per heavy atom. The average molecular weight is 243 g/mol. The molecule has 78 valence electrons. The Kier molecular flexibility index (Phi) is 4.41. The van der Waals surface area contributed by atoms with Crippen molar-refractivity contribution in [2.24, 2.45) is 0 Å². The molecule has 0 radical (unpaired) electrons. The van der Waals surface area contributed by atoms with Gasteiger partial charge in [-0.3, -0.25) is 4.79 Å². The van der Waals surface area contributed by atoms with Gasteiger partial charge in [-0.2, -0.15) is 5.26 Å². The standard InChI is InChI=1S/C10H8Cl2N2O/c11-8-4-1-3-7(9(8)12)10(15)14-6-2-5-13/h1,3-4H,2,6H2,(H,14,15).